The summed E-state index contributed by atoms with van der Waals surface area (Å²) in [5.74, 6) is -2.05. The lowest BCUT2D eigenvalue weighted by molar-refractivity contribution is -0.122. The maximum absolute atomic E-state index is 14.5. The molecule has 0 aliphatic carbocycles. The van der Waals surface area contributed by atoms with Crippen LogP contribution in [-0.2, 0) is 14.4 Å². The number of amides is 3. The van der Waals surface area contributed by atoms with E-state index in [2.05, 4.69) is 10.6 Å². The maximum Gasteiger partial charge on any atom is 0.261 e. The SMILES string of the molecule is CCCCNC(=O)C(C)Nc1cc(N2C(=O)CC(=C(C)C)C2=O)c(F)cc1Cl. The highest BCUT2D eigenvalue weighted by Crippen LogP contribution is 2.35. The third-order valence-electron chi connectivity index (χ3n) is 4.51. The van der Waals surface area contributed by atoms with Crippen LogP contribution in [0.15, 0.2) is 23.3 Å². The normalized spacial score (nSPS) is 15.1. The first kappa shape index (κ1) is 21.9. The first-order valence-corrected chi connectivity index (χ1v) is 9.62. The molecule has 28 heavy (non-hydrogen) atoms. The number of carbonyl (C=O) groups excluding carboxylic acids is 3. The summed E-state index contributed by atoms with van der Waals surface area (Å²) >= 11 is 6.10. The maximum atomic E-state index is 14.5. The van der Waals surface area contributed by atoms with Crippen LogP contribution < -0.4 is 15.5 Å². The van der Waals surface area contributed by atoms with Crippen molar-refractivity contribution in [3.05, 3.63) is 34.1 Å². The van der Waals surface area contributed by atoms with Crippen molar-refractivity contribution >= 4 is 40.7 Å². The Hall–Kier alpha value is -2.41. The van der Waals surface area contributed by atoms with E-state index >= 15 is 0 Å². The molecule has 1 aliphatic heterocycles. The molecule has 0 radical (unpaired) electrons. The fourth-order valence-corrected chi connectivity index (χ4v) is 3.05. The minimum Gasteiger partial charge on any atom is -0.373 e. The molecule has 1 aromatic rings. The van der Waals surface area contributed by atoms with E-state index < -0.39 is 23.7 Å². The van der Waals surface area contributed by atoms with E-state index in [4.69, 9.17) is 11.6 Å². The molecule has 3 amide bonds. The monoisotopic (exact) mass is 409 g/mol. The van der Waals surface area contributed by atoms with Gasteiger partial charge in [0.25, 0.3) is 5.91 Å². The van der Waals surface area contributed by atoms with Gasteiger partial charge in [0.15, 0.2) is 0 Å². The third kappa shape index (κ3) is 4.70. The summed E-state index contributed by atoms with van der Waals surface area (Å²) in [6.07, 6.45) is 1.76. The molecule has 0 spiro atoms. The van der Waals surface area contributed by atoms with Gasteiger partial charge >= 0.3 is 0 Å². The number of carbonyl (C=O) groups is 3. The molecule has 1 unspecified atom stereocenters. The first-order chi connectivity index (χ1) is 13.2. The van der Waals surface area contributed by atoms with Crippen LogP contribution in [0, 0.1) is 5.82 Å². The minimum absolute atomic E-state index is 0.0518. The fourth-order valence-electron chi connectivity index (χ4n) is 2.85. The predicted octanol–water partition coefficient (Wildman–Crippen LogP) is 3.80. The lowest BCUT2D eigenvalue weighted by Crippen LogP contribution is -2.38. The van der Waals surface area contributed by atoms with Crippen molar-refractivity contribution in [3.63, 3.8) is 0 Å². The number of anilines is 2. The lowest BCUT2D eigenvalue weighted by Gasteiger charge is -2.20. The minimum atomic E-state index is -0.785. The molecular formula is C20H25ClFN3O3. The zero-order chi connectivity index (χ0) is 21.0. The number of nitrogens with one attached hydrogen (secondary N) is 2. The average molecular weight is 410 g/mol. The quantitative estimate of drug-likeness (QED) is 0.408. The summed E-state index contributed by atoms with van der Waals surface area (Å²) in [7, 11) is 0. The molecule has 6 nitrogen and oxygen atoms in total. The Morgan fingerprint density at radius 1 is 1.32 bits per heavy atom. The van der Waals surface area contributed by atoms with Gasteiger partial charge < -0.3 is 10.6 Å². The Labute approximate surface area is 169 Å². The molecule has 1 aliphatic rings. The van der Waals surface area contributed by atoms with E-state index in [1.54, 1.807) is 20.8 Å². The van der Waals surface area contributed by atoms with Gasteiger partial charge in [0.05, 0.1) is 22.8 Å². The van der Waals surface area contributed by atoms with Crippen LogP contribution in [0.25, 0.3) is 0 Å². The largest absolute Gasteiger partial charge is 0.373 e. The molecule has 1 atom stereocenters. The fraction of sp³-hybridized carbons (Fsp3) is 0.450. The van der Waals surface area contributed by atoms with Crippen molar-refractivity contribution in [2.24, 2.45) is 0 Å². The van der Waals surface area contributed by atoms with Gasteiger partial charge in [0, 0.05) is 12.1 Å². The summed E-state index contributed by atoms with van der Waals surface area (Å²) in [4.78, 5) is 37.8. The van der Waals surface area contributed by atoms with Crippen LogP contribution in [0.2, 0.25) is 5.02 Å². The zero-order valence-corrected chi connectivity index (χ0v) is 17.2. The Morgan fingerprint density at radius 2 is 2.00 bits per heavy atom. The summed E-state index contributed by atoms with van der Waals surface area (Å²) in [6.45, 7) is 7.69. The smallest absolute Gasteiger partial charge is 0.261 e. The molecular weight excluding hydrogens is 385 g/mol. The van der Waals surface area contributed by atoms with Crippen molar-refractivity contribution in [1.82, 2.24) is 5.32 Å². The van der Waals surface area contributed by atoms with Gasteiger partial charge in [-0.15, -0.1) is 0 Å². The second-order valence-corrected chi connectivity index (χ2v) is 7.39. The van der Waals surface area contributed by atoms with Crippen molar-refractivity contribution in [3.8, 4) is 0 Å². The van der Waals surface area contributed by atoms with Crippen molar-refractivity contribution in [1.29, 1.82) is 0 Å². The first-order valence-electron chi connectivity index (χ1n) is 9.24. The molecule has 0 bridgehead atoms. The lowest BCUT2D eigenvalue weighted by atomic mass is 10.1. The highest BCUT2D eigenvalue weighted by atomic mass is 35.5. The number of rotatable bonds is 7. The Kier molecular flexibility index (Phi) is 7.18. The van der Waals surface area contributed by atoms with Gasteiger partial charge in [0.2, 0.25) is 11.8 Å². The van der Waals surface area contributed by atoms with Gasteiger partial charge in [-0.25, -0.2) is 9.29 Å². The molecule has 1 fully saturated rings. The second kappa shape index (κ2) is 9.19. The van der Waals surface area contributed by atoms with Gasteiger partial charge in [-0.1, -0.05) is 30.5 Å². The van der Waals surface area contributed by atoms with Crippen LogP contribution in [0.1, 0.15) is 47.0 Å². The number of halogens is 2. The van der Waals surface area contributed by atoms with Crippen LogP contribution in [0.5, 0.6) is 0 Å². The van der Waals surface area contributed by atoms with Crippen molar-refractivity contribution in [2.75, 3.05) is 16.8 Å². The molecule has 1 saturated heterocycles. The molecule has 152 valence electrons. The Balaban J connectivity index is 2.28. The van der Waals surface area contributed by atoms with Gasteiger partial charge in [-0.3, -0.25) is 14.4 Å². The Bertz CT molecular complexity index is 834. The van der Waals surface area contributed by atoms with Crippen molar-refractivity contribution in [2.45, 2.75) is 53.0 Å². The number of nitrogens with zero attached hydrogens (tertiary/aromatic N) is 1. The topological polar surface area (TPSA) is 78.5 Å². The van der Waals surface area contributed by atoms with Crippen LogP contribution in [0.4, 0.5) is 15.8 Å². The van der Waals surface area contributed by atoms with E-state index in [9.17, 15) is 18.8 Å². The van der Waals surface area contributed by atoms with E-state index in [0.29, 0.717) is 17.7 Å². The van der Waals surface area contributed by atoms with E-state index in [0.717, 1.165) is 23.8 Å². The van der Waals surface area contributed by atoms with Gasteiger partial charge in [0.1, 0.15) is 11.9 Å². The van der Waals surface area contributed by atoms with Crippen LogP contribution in [0.3, 0.4) is 0 Å². The molecule has 2 N–H and O–H groups in total. The van der Waals surface area contributed by atoms with Crippen LogP contribution >= 0.6 is 11.6 Å². The number of benzene rings is 1. The standard InChI is InChI=1S/C20H25ClFN3O3/c1-5-6-7-23-19(27)12(4)24-16-10-17(15(22)9-14(16)21)25-18(26)8-13(11(2)3)20(25)28/h9-10,12,24H,5-8H2,1-4H3,(H,23,27). The number of hydrogen-bond acceptors (Lipinski definition) is 4. The number of allylic oxidation sites excluding steroid dienone is 1. The molecule has 1 aromatic carbocycles. The summed E-state index contributed by atoms with van der Waals surface area (Å²) in [6, 6.07) is 1.69. The third-order valence-corrected chi connectivity index (χ3v) is 4.83. The molecule has 1 heterocycles. The van der Waals surface area contributed by atoms with Crippen molar-refractivity contribution < 1.29 is 18.8 Å². The molecule has 2 rings (SSSR count). The number of imide groups is 1. The summed E-state index contributed by atoms with van der Waals surface area (Å²) < 4.78 is 14.5. The average Bonchev–Trinajstić information content (AvgIpc) is 2.92. The number of hydrogen-bond donors (Lipinski definition) is 2. The number of unbranched alkanes of at least 4 members (excludes halogenated alkanes) is 1. The highest BCUT2D eigenvalue weighted by molar-refractivity contribution is 6.34. The van der Waals surface area contributed by atoms with Crippen LogP contribution in [-0.4, -0.2) is 30.3 Å². The molecule has 0 aromatic heterocycles. The van der Waals surface area contributed by atoms with Gasteiger partial charge in [-0.2, -0.15) is 0 Å². The van der Waals surface area contributed by atoms with E-state index in [1.165, 1.54) is 6.07 Å². The predicted molar refractivity (Wildman–Crippen MR) is 108 cm³/mol. The van der Waals surface area contributed by atoms with Gasteiger partial charge in [-0.05, 0) is 39.3 Å². The second-order valence-electron chi connectivity index (χ2n) is 6.98. The molecule has 0 saturated carbocycles. The highest BCUT2D eigenvalue weighted by Gasteiger charge is 2.37. The van der Waals surface area contributed by atoms with E-state index in [-0.39, 0.29) is 28.7 Å². The Morgan fingerprint density at radius 3 is 2.57 bits per heavy atom. The molecule has 8 heteroatoms. The zero-order valence-electron chi connectivity index (χ0n) is 16.5. The van der Waals surface area contributed by atoms with E-state index in [1.807, 2.05) is 6.92 Å². The summed E-state index contributed by atoms with van der Waals surface area (Å²) in [5.41, 5.74) is 1.16. The summed E-state index contributed by atoms with van der Waals surface area (Å²) in [5, 5.41) is 5.76.